The molecule has 0 aliphatic heterocycles. The van der Waals surface area contributed by atoms with E-state index in [1.54, 1.807) is 0 Å². The van der Waals surface area contributed by atoms with Crippen LogP contribution in [-0.4, -0.2) is 29.6 Å². The van der Waals surface area contributed by atoms with Crippen LogP contribution in [0.2, 0.25) is 0 Å². The lowest BCUT2D eigenvalue weighted by atomic mass is 9.55. The lowest BCUT2D eigenvalue weighted by molar-refractivity contribution is -0.137. The summed E-state index contributed by atoms with van der Waals surface area (Å²) in [7, 11) is 0.671. The second-order valence-corrected chi connectivity index (χ2v) is 8.61. The molecular weight excluding hydrogens is 343 g/mol. The van der Waals surface area contributed by atoms with E-state index >= 15 is 0 Å². The third-order valence-electron chi connectivity index (χ3n) is 7.39. The number of benzene rings is 1. The zero-order valence-corrected chi connectivity index (χ0v) is 15.7. The quantitative estimate of drug-likeness (QED) is 0.780. The van der Waals surface area contributed by atoms with Crippen LogP contribution in [0.25, 0.3) is 0 Å². The van der Waals surface area contributed by atoms with Crippen LogP contribution in [0.5, 0.6) is 5.75 Å². The fourth-order valence-electron chi connectivity index (χ4n) is 6.15. The molecule has 27 heavy (non-hydrogen) atoms. The van der Waals surface area contributed by atoms with Gasteiger partial charge in [-0.25, -0.2) is 0 Å². The molecular formula is C21H26BO5. The maximum Gasteiger partial charge on any atom is 0.569 e. The Balaban J connectivity index is 1.72. The van der Waals surface area contributed by atoms with E-state index in [9.17, 15) is 9.59 Å². The predicted octanol–water partition coefficient (Wildman–Crippen LogP) is 3.03. The molecule has 6 heteroatoms. The third-order valence-corrected chi connectivity index (χ3v) is 7.39. The number of carbonyl (C=O) groups excluding carboxylic acids is 1. The van der Waals surface area contributed by atoms with Crippen molar-refractivity contribution in [1.29, 1.82) is 0 Å². The molecule has 143 valence electrons. The van der Waals surface area contributed by atoms with Crippen molar-refractivity contribution < 1.29 is 24.4 Å². The zero-order chi connectivity index (χ0) is 19.2. The minimum atomic E-state index is -0.811. The first-order chi connectivity index (χ1) is 12.9. The Kier molecular flexibility index (Phi) is 4.79. The van der Waals surface area contributed by atoms with Gasteiger partial charge in [0.25, 0.3) is 0 Å². The molecule has 0 unspecified atom stereocenters. The largest absolute Gasteiger partial charge is 0.569 e. The maximum atomic E-state index is 12.5. The first kappa shape index (κ1) is 18.5. The number of hydrogen-bond acceptors (Lipinski definition) is 4. The fraction of sp³-hybridized carbons (Fsp3) is 0.619. The van der Waals surface area contributed by atoms with E-state index < -0.39 is 5.97 Å². The normalized spacial score (nSPS) is 31.6. The van der Waals surface area contributed by atoms with Crippen LogP contribution in [0.3, 0.4) is 0 Å². The van der Waals surface area contributed by atoms with Crippen LogP contribution in [-0.2, 0) is 22.4 Å². The highest BCUT2D eigenvalue weighted by Crippen LogP contribution is 2.60. The zero-order valence-electron chi connectivity index (χ0n) is 15.7. The van der Waals surface area contributed by atoms with Crippen LogP contribution >= 0.6 is 0 Å². The minimum absolute atomic E-state index is 0.0791. The van der Waals surface area contributed by atoms with E-state index in [0.717, 1.165) is 37.7 Å². The molecule has 1 aromatic rings. The van der Waals surface area contributed by atoms with Gasteiger partial charge in [-0.3, -0.25) is 9.59 Å². The van der Waals surface area contributed by atoms with Gasteiger partial charge < -0.3 is 14.8 Å². The molecule has 3 aliphatic rings. The number of carbonyl (C=O) groups is 2. The number of carboxylic acids is 1. The lowest BCUT2D eigenvalue weighted by Crippen LogP contribution is -2.42. The molecule has 0 amide bonds. The molecule has 1 aromatic carbocycles. The summed E-state index contributed by atoms with van der Waals surface area (Å²) in [5.41, 5.74) is 3.37. The average molecular weight is 369 g/mol. The van der Waals surface area contributed by atoms with Gasteiger partial charge in [-0.15, -0.1) is 0 Å². The Bertz CT molecular complexity index is 776. The summed E-state index contributed by atoms with van der Waals surface area (Å²) in [6.45, 7) is 2.16. The van der Waals surface area contributed by atoms with Crippen LogP contribution in [0.1, 0.15) is 68.1 Å². The van der Waals surface area contributed by atoms with Crippen molar-refractivity contribution in [3.8, 4) is 5.75 Å². The van der Waals surface area contributed by atoms with E-state index in [1.807, 2.05) is 12.1 Å². The molecule has 0 heterocycles. The number of ketones is 1. The van der Waals surface area contributed by atoms with Gasteiger partial charge in [0.1, 0.15) is 11.5 Å². The van der Waals surface area contributed by atoms with Crippen LogP contribution < -0.4 is 4.65 Å². The molecule has 2 fully saturated rings. The number of aryl methyl sites for hydroxylation is 2. The van der Waals surface area contributed by atoms with E-state index in [1.165, 1.54) is 11.1 Å². The van der Waals surface area contributed by atoms with Crippen molar-refractivity contribution in [2.24, 2.45) is 17.3 Å². The molecule has 0 spiro atoms. The number of fused-ring (bicyclic) bond motifs is 5. The van der Waals surface area contributed by atoms with Crippen molar-refractivity contribution in [2.75, 3.05) is 0 Å². The van der Waals surface area contributed by atoms with Gasteiger partial charge in [-0.1, -0.05) is 6.92 Å². The number of aliphatic carboxylic acids is 1. The second-order valence-electron chi connectivity index (χ2n) is 8.61. The monoisotopic (exact) mass is 369 g/mol. The summed E-state index contributed by atoms with van der Waals surface area (Å²) in [4.78, 5) is 23.6. The van der Waals surface area contributed by atoms with E-state index in [2.05, 4.69) is 6.92 Å². The van der Waals surface area contributed by atoms with Crippen LogP contribution in [0, 0.1) is 17.3 Å². The smallest absolute Gasteiger partial charge is 0.537 e. The Labute approximate surface area is 160 Å². The van der Waals surface area contributed by atoms with Crippen molar-refractivity contribution in [3.05, 3.63) is 28.8 Å². The summed E-state index contributed by atoms with van der Waals surface area (Å²) in [6.07, 6.45) is 6.15. The molecule has 5 nitrogen and oxygen atoms in total. The molecule has 1 radical (unpaired) electrons. The van der Waals surface area contributed by atoms with E-state index in [4.69, 9.17) is 14.8 Å². The highest BCUT2D eigenvalue weighted by molar-refractivity contribution is 6.17. The van der Waals surface area contributed by atoms with Gasteiger partial charge in [-0.2, -0.15) is 0 Å². The summed E-state index contributed by atoms with van der Waals surface area (Å²) in [6, 6.07) is 3.86. The summed E-state index contributed by atoms with van der Waals surface area (Å²) < 4.78 is 5.19. The molecule has 0 aromatic heterocycles. The second kappa shape index (κ2) is 6.97. The number of Topliss-reactive ketones (excluding diaryl/α,β-unsaturated/α-hetero) is 1. The van der Waals surface area contributed by atoms with Gasteiger partial charge in [0, 0.05) is 18.3 Å². The molecule has 0 saturated heterocycles. The molecule has 2 N–H and O–H groups in total. The third kappa shape index (κ3) is 3.08. The summed E-state index contributed by atoms with van der Waals surface area (Å²) in [5, 5.41) is 18.2. The highest BCUT2D eigenvalue weighted by atomic mass is 16.5. The Hall–Kier alpha value is -1.82. The van der Waals surface area contributed by atoms with Gasteiger partial charge in [-0.05, 0) is 85.1 Å². The molecule has 4 rings (SSSR count). The van der Waals surface area contributed by atoms with E-state index in [0.29, 0.717) is 49.8 Å². The predicted molar refractivity (Wildman–Crippen MR) is 101 cm³/mol. The van der Waals surface area contributed by atoms with Crippen molar-refractivity contribution in [2.45, 2.75) is 64.2 Å². The lowest BCUT2D eigenvalue weighted by Gasteiger charge is -2.48. The molecule has 2 saturated carbocycles. The van der Waals surface area contributed by atoms with Crippen LogP contribution in [0.15, 0.2) is 12.1 Å². The molecule has 3 aliphatic carbocycles. The number of hydrogen-bond donors (Lipinski definition) is 2. The van der Waals surface area contributed by atoms with Gasteiger partial charge in [0.2, 0.25) is 0 Å². The van der Waals surface area contributed by atoms with Gasteiger partial charge >= 0.3 is 13.7 Å². The Morgan fingerprint density at radius 1 is 1.30 bits per heavy atom. The first-order valence-electron chi connectivity index (χ1n) is 9.97. The SMILES string of the molecule is C[C@]12CC[C@@H]3c4c(CCC(=O)O)cc(O[B]O)cc4CC[C@H]3[C@@H]1CCC2=O. The minimum Gasteiger partial charge on any atom is -0.537 e. The first-order valence-corrected chi connectivity index (χ1v) is 9.97. The van der Waals surface area contributed by atoms with Crippen molar-refractivity contribution >= 4 is 19.4 Å². The molecule has 4 atom stereocenters. The van der Waals surface area contributed by atoms with Crippen molar-refractivity contribution in [1.82, 2.24) is 0 Å². The standard InChI is InChI=1S/C21H26BO5/c1-21-9-8-16-15(17(21)5-6-18(21)23)4-2-12-10-14(27-22-26)11-13(20(12)16)3-7-19(24)25/h10-11,15-17,26H,2-9H2,1H3,(H,24,25)/t15-,16+,17+,21+/m1/s1. The topological polar surface area (TPSA) is 83.8 Å². The summed E-state index contributed by atoms with van der Waals surface area (Å²) in [5.74, 6) is 1.53. The Morgan fingerprint density at radius 2 is 2.11 bits per heavy atom. The van der Waals surface area contributed by atoms with Crippen molar-refractivity contribution in [3.63, 3.8) is 0 Å². The highest BCUT2D eigenvalue weighted by Gasteiger charge is 2.54. The van der Waals surface area contributed by atoms with E-state index in [-0.39, 0.29) is 11.8 Å². The number of carboxylic acid groups (broad SMARTS) is 1. The maximum absolute atomic E-state index is 12.5. The van der Waals surface area contributed by atoms with Crippen LogP contribution in [0.4, 0.5) is 0 Å². The average Bonchev–Trinajstić information content (AvgIpc) is 2.94. The van der Waals surface area contributed by atoms with Gasteiger partial charge in [0.15, 0.2) is 0 Å². The van der Waals surface area contributed by atoms with Gasteiger partial charge in [0.05, 0.1) is 0 Å². The fourth-order valence-corrected chi connectivity index (χ4v) is 6.15. The molecule has 0 bridgehead atoms. The number of rotatable bonds is 5. The summed E-state index contributed by atoms with van der Waals surface area (Å²) >= 11 is 0. The Morgan fingerprint density at radius 3 is 2.85 bits per heavy atom.